The zero-order valence-corrected chi connectivity index (χ0v) is 17.5. The molecule has 0 radical (unpaired) electrons. The first kappa shape index (κ1) is 21.5. The van der Waals surface area contributed by atoms with E-state index in [0.717, 1.165) is 18.1 Å². The molecular formula is C16H25N5O4S2. The summed E-state index contributed by atoms with van der Waals surface area (Å²) >= 11 is 1.60. The Morgan fingerprint density at radius 2 is 1.96 bits per heavy atom. The van der Waals surface area contributed by atoms with Crippen molar-refractivity contribution in [1.82, 2.24) is 9.80 Å². The Kier molecular flexibility index (Phi) is 7.06. The molecule has 150 valence electrons. The van der Waals surface area contributed by atoms with Gasteiger partial charge in [-0.05, 0) is 26.2 Å². The van der Waals surface area contributed by atoms with Crippen LogP contribution in [0.25, 0.3) is 0 Å². The average molecular weight is 416 g/mol. The van der Waals surface area contributed by atoms with E-state index in [2.05, 4.69) is 9.39 Å². The number of sulfonamides is 1. The summed E-state index contributed by atoms with van der Waals surface area (Å²) in [6, 6.07) is 3.89. The normalized spacial score (nSPS) is 20.3. The van der Waals surface area contributed by atoms with Crippen LogP contribution in [-0.2, 0) is 27.1 Å². The first-order valence-corrected chi connectivity index (χ1v) is 10.9. The number of carbonyl (C=O) groups excluding carboxylic acids is 1. The van der Waals surface area contributed by atoms with Crippen molar-refractivity contribution >= 4 is 39.2 Å². The van der Waals surface area contributed by atoms with Crippen molar-refractivity contribution in [1.29, 1.82) is 0 Å². The number of thioether (sulfide) groups is 1. The van der Waals surface area contributed by atoms with Gasteiger partial charge in [0.2, 0.25) is 11.2 Å². The SMILES string of the molecule is CN(C)Cc1ccc(CSCCN=C2C(N)=NS(=O)(=O)C2C(=O)N(C)C)o1. The molecule has 2 rings (SSSR count). The van der Waals surface area contributed by atoms with Gasteiger partial charge in [0.1, 0.15) is 17.2 Å². The number of nitrogens with zero attached hydrogens (tertiary/aromatic N) is 4. The number of nitrogens with two attached hydrogens (primary N) is 1. The largest absolute Gasteiger partial charge is 0.464 e. The molecular weight excluding hydrogens is 390 g/mol. The number of aliphatic imine (C=N–C) groups is 1. The number of hydrogen-bond acceptors (Lipinski definition) is 8. The zero-order valence-electron chi connectivity index (χ0n) is 15.9. The Bertz CT molecular complexity index is 843. The Morgan fingerprint density at radius 1 is 1.30 bits per heavy atom. The van der Waals surface area contributed by atoms with Gasteiger partial charge in [0, 0.05) is 26.4 Å². The second-order valence-electron chi connectivity index (χ2n) is 6.53. The number of amidine groups is 1. The van der Waals surface area contributed by atoms with Crippen molar-refractivity contribution in [3.05, 3.63) is 23.7 Å². The average Bonchev–Trinajstić information content (AvgIpc) is 3.07. The molecule has 1 aliphatic heterocycles. The molecule has 27 heavy (non-hydrogen) atoms. The van der Waals surface area contributed by atoms with E-state index in [0.29, 0.717) is 18.1 Å². The smallest absolute Gasteiger partial charge is 0.273 e. The maximum atomic E-state index is 12.2. The lowest BCUT2D eigenvalue weighted by molar-refractivity contribution is -0.127. The Labute approximate surface area is 163 Å². The maximum absolute atomic E-state index is 12.2. The molecule has 2 heterocycles. The van der Waals surface area contributed by atoms with E-state index in [1.165, 1.54) is 19.0 Å². The number of rotatable bonds is 8. The van der Waals surface area contributed by atoms with Crippen molar-refractivity contribution in [2.24, 2.45) is 15.1 Å². The third kappa shape index (κ3) is 5.56. The topological polar surface area (TPSA) is 122 Å². The van der Waals surface area contributed by atoms with Crippen LogP contribution in [0.5, 0.6) is 0 Å². The molecule has 0 saturated heterocycles. The van der Waals surface area contributed by atoms with Gasteiger partial charge in [-0.1, -0.05) is 0 Å². The van der Waals surface area contributed by atoms with E-state index in [1.807, 2.05) is 31.1 Å². The van der Waals surface area contributed by atoms with Gasteiger partial charge >= 0.3 is 0 Å². The molecule has 1 aliphatic rings. The van der Waals surface area contributed by atoms with Crippen molar-refractivity contribution in [2.75, 3.05) is 40.5 Å². The van der Waals surface area contributed by atoms with Crippen LogP contribution in [0, 0.1) is 0 Å². The summed E-state index contributed by atoms with van der Waals surface area (Å²) in [6.07, 6.45) is 0. The van der Waals surface area contributed by atoms with Crippen LogP contribution in [0.15, 0.2) is 25.9 Å². The van der Waals surface area contributed by atoms with E-state index in [4.69, 9.17) is 10.2 Å². The van der Waals surface area contributed by atoms with Crippen molar-refractivity contribution in [2.45, 2.75) is 17.5 Å². The molecule has 1 amide bonds. The minimum Gasteiger partial charge on any atom is -0.464 e. The van der Waals surface area contributed by atoms with Gasteiger partial charge < -0.3 is 20.0 Å². The van der Waals surface area contributed by atoms with Crippen LogP contribution in [0.2, 0.25) is 0 Å². The molecule has 9 nitrogen and oxygen atoms in total. The number of carbonyl (C=O) groups is 1. The highest BCUT2D eigenvalue weighted by atomic mass is 32.2. The van der Waals surface area contributed by atoms with Crippen molar-refractivity contribution in [3.8, 4) is 0 Å². The molecule has 0 saturated carbocycles. The van der Waals surface area contributed by atoms with Crippen LogP contribution in [0.4, 0.5) is 0 Å². The third-order valence-electron chi connectivity index (χ3n) is 3.65. The van der Waals surface area contributed by atoms with Gasteiger partial charge in [-0.15, -0.1) is 4.40 Å². The van der Waals surface area contributed by atoms with Crippen LogP contribution < -0.4 is 5.73 Å². The molecule has 2 N–H and O–H groups in total. The van der Waals surface area contributed by atoms with Gasteiger partial charge in [-0.3, -0.25) is 9.79 Å². The first-order valence-electron chi connectivity index (χ1n) is 8.27. The molecule has 11 heteroatoms. The lowest BCUT2D eigenvalue weighted by Crippen LogP contribution is -2.43. The summed E-state index contributed by atoms with van der Waals surface area (Å²) < 4.78 is 33.3. The van der Waals surface area contributed by atoms with Gasteiger partial charge in [0.25, 0.3) is 10.0 Å². The van der Waals surface area contributed by atoms with E-state index >= 15 is 0 Å². The highest BCUT2D eigenvalue weighted by Crippen LogP contribution is 2.19. The number of furan rings is 1. The molecule has 1 aromatic heterocycles. The molecule has 1 unspecified atom stereocenters. The Hall–Kier alpha value is -1.85. The van der Waals surface area contributed by atoms with Crippen LogP contribution in [-0.4, -0.2) is 81.4 Å². The van der Waals surface area contributed by atoms with Crippen LogP contribution >= 0.6 is 11.8 Å². The fourth-order valence-corrected chi connectivity index (χ4v) is 4.59. The monoisotopic (exact) mass is 415 g/mol. The third-order valence-corrected chi connectivity index (χ3v) is 6.08. The quantitative estimate of drug-likeness (QED) is 0.601. The lowest BCUT2D eigenvalue weighted by Gasteiger charge is -2.15. The fourth-order valence-electron chi connectivity index (χ4n) is 2.45. The van der Waals surface area contributed by atoms with E-state index in [1.54, 1.807) is 11.8 Å². The van der Waals surface area contributed by atoms with Crippen LogP contribution in [0.1, 0.15) is 11.5 Å². The molecule has 0 aromatic carbocycles. The minimum absolute atomic E-state index is 0.0283. The summed E-state index contributed by atoms with van der Waals surface area (Å²) in [5.41, 5.74) is 5.70. The summed E-state index contributed by atoms with van der Waals surface area (Å²) in [5.74, 6) is 2.27. The summed E-state index contributed by atoms with van der Waals surface area (Å²) in [6.45, 7) is 1.07. The molecule has 0 spiro atoms. The minimum atomic E-state index is -4.01. The molecule has 0 bridgehead atoms. The second kappa shape index (κ2) is 8.89. The van der Waals surface area contributed by atoms with Gasteiger partial charge in [-0.25, -0.2) is 8.42 Å². The molecule has 1 atom stereocenters. The second-order valence-corrected chi connectivity index (χ2v) is 9.32. The summed E-state index contributed by atoms with van der Waals surface area (Å²) in [4.78, 5) is 19.6. The predicted molar refractivity (Wildman–Crippen MR) is 108 cm³/mol. The van der Waals surface area contributed by atoms with E-state index in [-0.39, 0.29) is 11.5 Å². The number of amides is 1. The van der Waals surface area contributed by atoms with E-state index in [9.17, 15) is 13.2 Å². The highest BCUT2D eigenvalue weighted by molar-refractivity contribution is 7.98. The molecule has 0 fully saturated rings. The van der Waals surface area contributed by atoms with Crippen molar-refractivity contribution in [3.63, 3.8) is 0 Å². The molecule has 0 aliphatic carbocycles. The summed E-state index contributed by atoms with van der Waals surface area (Å²) in [7, 11) is 2.90. The fraction of sp³-hybridized carbons (Fsp3) is 0.562. The molecule has 1 aromatic rings. The Morgan fingerprint density at radius 3 is 2.59 bits per heavy atom. The maximum Gasteiger partial charge on any atom is 0.273 e. The standard InChI is InChI=1S/C16H25N5O4S2/c1-20(2)9-11-5-6-12(25-11)10-26-8-7-18-13-14(16(22)21(3)4)27(23,24)19-15(13)17/h5-6,14H,7-10H2,1-4H3,(H2,17,19). The first-order chi connectivity index (χ1) is 12.6. The van der Waals surface area contributed by atoms with Gasteiger partial charge in [0.05, 0.1) is 12.3 Å². The summed E-state index contributed by atoms with van der Waals surface area (Å²) in [5, 5.41) is -1.45. The van der Waals surface area contributed by atoms with Crippen LogP contribution in [0.3, 0.4) is 0 Å². The lowest BCUT2D eigenvalue weighted by atomic mass is 10.2. The Balaban J connectivity index is 1.92. The van der Waals surface area contributed by atoms with Gasteiger partial charge in [0.15, 0.2) is 5.84 Å². The van der Waals surface area contributed by atoms with Crippen molar-refractivity contribution < 1.29 is 17.6 Å². The number of hydrogen-bond donors (Lipinski definition) is 1. The van der Waals surface area contributed by atoms with E-state index < -0.39 is 21.2 Å². The van der Waals surface area contributed by atoms with Gasteiger partial charge in [-0.2, -0.15) is 11.8 Å². The zero-order chi connectivity index (χ0) is 20.2. The predicted octanol–water partition coefficient (Wildman–Crippen LogP) is 0.173. The highest BCUT2D eigenvalue weighted by Gasteiger charge is 2.45.